The molecular weight excluding hydrogens is 380 g/mol. The zero-order valence-electron chi connectivity index (χ0n) is 17.2. The first kappa shape index (κ1) is 22.5. The zero-order valence-corrected chi connectivity index (χ0v) is 17.2. The number of esters is 1. The lowest BCUT2D eigenvalue weighted by atomic mass is 10.1. The molecule has 0 unspecified atom stereocenters. The monoisotopic (exact) mass is 408 g/mol. The Bertz CT molecular complexity index is 707. The summed E-state index contributed by atoms with van der Waals surface area (Å²) >= 11 is 0. The lowest BCUT2D eigenvalue weighted by Gasteiger charge is -2.25. The quantitative estimate of drug-likeness (QED) is 0.745. The van der Waals surface area contributed by atoms with E-state index in [2.05, 4.69) is 5.32 Å². The molecule has 9 heteroatoms. The fraction of sp³-hybridized carbons (Fsp3) is 0.550. The van der Waals surface area contributed by atoms with Crippen LogP contribution in [0.2, 0.25) is 0 Å². The number of methoxy groups -OCH3 is 1. The van der Waals surface area contributed by atoms with Crippen LogP contribution in [-0.4, -0.2) is 68.1 Å². The van der Waals surface area contributed by atoms with Crippen molar-refractivity contribution in [3.63, 3.8) is 0 Å². The van der Waals surface area contributed by atoms with Crippen LogP contribution in [0.25, 0.3) is 0 Å². The van der Waals surface area contributed by atoms with Gasteiger partial charge in [0.1, 0.15) is 17.4 Å². The minimum absolute atomic E-state index is 0.198. The number of rotatable bonds is 5. The highest BCUT2D eigenvalue weighted by Crippen LogP contribution is 2.16. The summed E-state index contributed by atoms with van der Waals surface area (Å²) in [5.74, 6) is -0.196. The maximum absolute atomic E-state index is 12.1. The van der Waals surface area contributed by atoms with E-state index in [1.807, 2.05) is 0 Å². The van der Waals surface area contributed by atoms with Crippen LogP contribution in [0, 0.1) is 0 Å². The molecule has 160 valence electrons. The third-order valence-electron chi connectivity index (χ3n) is 4.01. The van der Waals surface area contributed by atoms with Crippen molar-refractivity contribution in [3.05, 3.63) is 29.8 Å². The van der Waals surface area contributed by atoms with Gasteiger partial charge >= 0.3 is 18.2 Å². The van der Waals surface area contributed by atoms with E-state index in [1.165, 1.54) is 7.11 Å². The van der Waals surface area contributed by atoms with E-state index in [9.17, 15) is 14.4 Å². The Kier molecular flexibility index (Phi) is 7.83. The van der Waals surface area contributed by atoms with Crippen molar-refractivity contribution in [1.29, 1.82) is 0 Å². The highest BCUT2D eigenvalue weighted by Gasteiger charge is 2.25. The van der Waals surface area contributed by atoms with Gasteiger partial charge in [-0.25, -0.2) is 14.4 Å². The molecule has 0 radical (unpaired) electrons. The van der Waals surface area contributed by atoms with Crippen LogP contribution >= 0.6 is 0 Å². The van der Waals surface area contributed by atoms with E-state index in [1.54, 1.807) is 49.9 Å². The third kappa shape index (κ3) is 7.61. The van der Waals surface area contributed by atoms with Crippen LogP contribution in [0.3, 0.4) is 0 Å². The van der Waals surface area contributed by atoms with Gasteiger partial charge in [-0.3, -0.25) is 0 Å². The Morgan fingerprint density at radius 3 is 2.31 bits per heavy atom. The molecule has 0 aliphatic carbocycles. The molecule has 9 nitrogen and oxygen atoms in total. The van der Waals surface area contributed by atoms with Crippen LogP contribution in [0.1, 0.15) is 26.3 Å². The molecule has 1 aliphatic rings. The van der Waals surface area contributed by atoms with E-state index < -0.39 is 29.8 Å². The summed E-state index contributed by atoms with van der Waals surface area (Å²) in [6, 6.07) is 5.80. The van der Waals surface area contributed by atoms with Crippen LogP contribution in [0.15, 0.2) is 24.3 Å². The number of hydrogen-bond donors (Lipinski definition) is 1. The topological polar surface area (TPSA) is 103 Å². The smallest absolute Gasteiger partial charge is 0.415 e. The van der Waals surface area contributed by atoms with Gasteiger partial charge in [0, 0.05) is 19.5 Å². The van der Waals surface area contributed by atoms with Gasteiger partial charge < -0.3 is 29.2 Å². The molecule has 1 fully saturated rings. The molecule has 1 aliphatic heterocycles. The second kappa shape index (κ2) is 10.1. The second-order valence-corrected chi connectivity index (χ2v) is 7.54. The van der Waals surface area contributed by atoms with Crippen molar-refractivity contribution in [2.75, 3.05) is 33.4 Å². The number of carbonyl (C=O) groups excluding carboxylic acids is 3. The molecule has 29 heavy (non-hydrogen) atoms. The Balaban J connectivity index is 1.96. The van der Waals surface area contributed by atoms with Gasteiger partial charge in [0.15, 0.2) is 0 Å². The number of ether oxygens (including phenoxy) is 4. The molecular formula is C20H28N2O7. The van der Waals surface area contributed by atoms with Crippen molar-refractivity contribution in [1.82, 2.24) is 10.2 Å². The molecule has 0 spiro atoms. The van der Waals surface area contributed by atoms with E-state index in [-0.39, 0.29) is 6.42 Å². The number of morpholine rings is 1. The molecule has 1 atom stereocenters. The van der Waals surface area contributed by atoms with Gasteiger partial charge in [0.05, 0.1) is 20.3 Å². The predicted molar refractivity (Wildman–Crippen MR) is 104 cm³/mol. The van der Waals surface area contributed by atoms with Gasteiger partial charge in [-0.2, -0.15) is 0 Å². The SMILES string of the molecule is COC(=O)[C@H](Cc1ccc(OC(=O)N2CCOCC2)cc1)NC(=O)OC(C)(C)C. The molecule has 1 aromatic rings. The first-order chi connectivity index (χ1) is 13.7. The summed E-state index contributed by atoms with van der Waals surface area (Å²) in [6.45, 7) is 7.17. The maximum Gasteiger partial charge on any atom is 0.415 e. The van der Waals surface area contributed by atoms with Gasteiger partial charge in [0.2, 0.25) is 0 Å². The van der Waals surface area contributed by atoms with Crippen molar-refractivity contribution >= 4 is 18.2 Å². The number of nitrogens with one attached hydrogen (secondary N) is 1. The molecule has 0 aromatic heterocycles. The first-order valence-electron chi connectivity index (χ1n) is 9.39. The van der Waals surface area contributed by atoms with Crippen LogP contribution in [-0.2, 0) is 25.4 Å². The molecule has 1 N–H and O–H groups in total. The van der Waals surface area contributed by atoms with E-state index in [0.29, 0.717) is 32.1 Å². The lowest BCUT2D eigenvalue weighted by molar-refractivity contribution is -0.143. The van der Waals surface area contributed by atoms with Crippen molar-refractivity contribution in [3.8, 4) is 5.75 Å². The number of hydrogen-bond acceptors (Lipinski definition) is 7. The van der Waals surface area contributed by atoms with Gasteiger partial charge in [-0.15, -0.1) is 0 Å². The standard InChI is InChI=1S/C20H28N2O7/c1-20(2,3)29-18(24)21-16(17(23)26-4)13-14-5-7-15(8-6-14)28-19(25)22-9-11-27-12-10-22/h5-8,16H,9-13H2,1-4H3,(H,21,24)/t16-/m0/s1. The van der Waals surface area contributed by atoms with Crippen LogP contribution in [0.5, 0.6) is 5.75 Å². The summed E-state index contributed by atoms with van der Waals surface area (Å²) in [5.41, 5.74) is 0.0687. The minimum Gasteiger partial charge on any atom is -0.467 e. The second-order valence-electron chi connectivity index (χ2n) is 7.54. The average Bonchev–Trinajstić information content (AvgIpc) is 2.67. The van der Waals surface area contributed by atoms with Gasteiger partial charge in [-0.05, 0) is 38.5 Å². The maximum atomic E-state index is 12.1. The number of alkyl carbamates (subject to hydrolysis) is 1. The lowest BCUT2D eigenvalue weighted by Crippen LogP contribution is -2.45. The predicted octanol–water partition coefficient (Wildman–Crippen LogP) is 2.13. The van der Waals surface area contributed by atoms with Crippen LogP contribution < -0.4 is 10.1 Å². The molecule has 1 heterocycles. The third-order valence-corrected chi connectivity index (χ3v) is 4.01. The highest BCUT2D eigenvalue weighted by molar-refractivity contribution is 5.81. The van der Waals surface area contributed by atoms with Crippen molar-refractivity contribution < 1.29 is 33.3 Å². The molecule has 1 saturated heterocycles. The Morgan fingerprint density at radius 1 is 1.14 bits per heavy atom. The normalized spacial score (nSPS) is 15.2. The van der Waals surface area contributed by atoms with E-state index >= 15 is 0 Å². The van der Waals surface area contributed by atoms with Crippen LogP contribution in [0.4, 0.5) is 9.59 Å². The number of carbonyl (C=O) groups is 3. The van der Waals surface area contributed by atoms with Crippen molar-refractivity contribution in [2.24, 2.45) is 0 Å². The Labute approximate surface area is 170 Å². The van der Waals surface area contributed by atoms with Crippen molar-refractivity contribution in [2.45, 2.75) is 38.8 Å². The van der Waals surface area contributed by atoms with E-state index in [4.69, 9.17) is 18.9 Å². The molecule has 2 amide bonds. The number of amides is 2. The summed E-state index contributed by atoms with van der Waals surface area (Å²) in [6.07, 6.45) is -0.937. The van der Waals surface area contributed by atoms with Gasteiger partial charge in [0.25, 0.3) is 0 Å². The highest BCUT2D eigenvalue weighted by atomic mass is 16.6. The molecule has 1 aromatic carbocycles. The number of nitrogens with zero attached hydrogens (tertiary/aromatic N) is 1. The Hall–Kier alpha value is -2.81. The summed E-state index contributed by atoms with van der Waals surface area (Å²) in [5, 5.41) is 2.52. The molecule has 0 bridgehead atoms. The Morgan fingerprint density at radius 2 is 1.76 bits per heavy atom. The average molecular weight is 408 g/mol. The number of benzene rings is 1. The fourth-order valence-corrected chi connectivity index (χ4v) is 2.63. The zero-order chi connectivity index (χ0) is 21.4. The summed E-state index contributed by atoms with van der Waals surface area (Å²) < 4.78 is 20.5. The largest absolute Gasteiger partial charge is 0.467 e. The molecule has 0 saturated carbocycles. The molecule has 2 rings (SSSR count). The summed E-state index contributed by atoms with van der Waals surface area (Å²) in [7, 11) is 1.25. The first-order valence-corrected chi connectivity index (χ1v) is 9.39. The summed E-state index contributed by atoms with van der Waals surface area (Å²) in [4.78, 5) is 37.7. The van der Waals surface area contributed by atoms with E-state index in [0.717, 1.165) is 5.56 Å². The fourth-order valence-electron chi connectivity index (χ4n) is 2.63. The minimum atomic E-state index is -0.906. The van der Waals surface area contributed by atoms with Gasteiger partial charge in [-0.1, -0.05) is 12.1 Å².